The van der Waals surface area contributed by atoms with Gasteiger partial charge in [0, 0.05) is 12.1 Å². The lowest BCUT2D eigenvalue weighted by Gasteiger charge is -2.44. The van der Waals surface area contributed by atoms with E-state index < -0.39 is 36.6 Å². The van der Waals surface area contributed by atoms with Gasteiger partial charge in [-0.1, -0.05) is 109 Å². The summed E-state index contributed by atoms with van der Waals surface area (Å²) in [6.45, 7) is 8.25. The lowest BCUT2D eigenvalue weighted by atomic mass is 9.79. The monoisotopic (exact) mass is 848 g/mol. The first-order chi connectivity index (χ1) is 30.1. The Balaban J connectivity index is 1.25. The smallest absolute Gasteiger partial charge is 0.281 e. The Labute approximate surface area is 363 Å². The van der Waals surface area contributed by atoms with Crippen LogP contribution in [0.5, 0.6) is 11.5 Å². The van der Waals surface area contributed by atoms with Crippen LogP contribution < -0.4 is 9.47 Å². The van der Waals surface area contributed by atoms with Crippen molar-refractivity contribution in [2.45, 2.75) is 75.3 Å². The third kappa shape index (κ3) is 6.85. The molecule has 1 unspecified atom stereocenters. The van der Waals surface area contributed by atoms with Crippen molar-refractivity contribution in [3.8, 4) is 17.6 Å². The van der Waals surface area contributed by atoms with Gasteiger partial charge in [0.15, 0.2) is 0 Å². The molecule has 2 aliphatic rings. The summed E-state index contributed by atoms with van der Waals surface area (Å²) >= 11 is 0. The molecule has 7 aromatic carbocycles. The van der Waals surface area contributed by atoms with Crippen LogP contribution in [-0.2, 0) is 28.9 Å². The van der Waals surface area contributed by atoms with E-state index in [1.54, 1.807) is 14.2 Å². The Kier molecular flexibility index (Phi) is 11.4. The Morgan fingerprint density at radius 2 is 1.31 bits per heavy atom. The predicted octanol–water partition coefficient (Wildman–Crippen LogP) is 11.4. The molecule has 5 atom stereocenters. The minimum atomic E-state index is -3.91. The number of nitriles is 1. The molecule has 0 N–H and O–H groups in total. The van der Waals surface area contributed by atoms with Gasteiger partial charge in [-0.05, 0) is 107 Å². The molecule has 0 amide bonds. The number of nitrogens with zero attached hydrogens (tertiary/aromatic N) is 2. The molecule has 2 fully saturated rings. The number of hydrogen-bond donors (Lipinski definition) is 0. The van der Waals surface area contributed by atoms with Crippen molar-refractivity contribution in [1.82, 2.24) is 4.67 Å². The highest BCUT2D eigenvalue weighted by Gasteiger charge is 2.70. The second kappa shape index (κ2) is 16.8. The van der Waals surface area contributed by atoms with Crippen LogP contribution in [0.4, 0.5) is 0 Å². The normalized spacial score (nSPS) is 21.1. The second-order valence-corrected chi connectivity index (χ2v) is 19.4. The highest BCUT2D eigenvalue weighted by molar-refractivity contribution is 7.57. The first-order valence-corrected chi connectivity index (χ1v) is 23.1. The molecular formula is C52H53N2O7P. The average Bonchev–Trinajstić information content (AvgIpc) is 3.83. The van der Waals surface area contributed by atoms with Crippen LogP contribution in [0, 0.1) is 11.3 Å². The minimum Gasteiger partial charge on any atom is -0.497 e. The Bertz CT molecular complexity index is 2700. The summed E-state index contributed by atoms with van der Waals surface area (Å²) < 4.78 is 58.5. The van der Waals surface area contributed by atoms with Crippen molar-refractivity contribution in [2.24, 2.45) is 0 Å². The number of benzene rings is 7. The van der Waals surface area contributed by atoms with Gasteiger partial charge in [-0.2, -0.15) is 5.26 Å². The summed E-state index contributed by atoms with van der Waals surface area (Å²) in [5, 5.41) is 16.6. The van der Waals surface area contributed by atoms with E-state index >= 15 is 4.57 Å². The van der Waals surface area contributed by atoms with Gasteiger partial charge >= 0.3 is 0 Å². The Morgan fingerprint density at radius 1 is 0.742 bits per heavy atom. The van der Waals surface area contributed by atoms with Crippen molar-refractivity contribution < 1.29 is 32.8 Å². The lowest BCUT2D eigenvalue weighted by molar-refractivity contribution is -0.178. The van der Waals surface area contributed by atoms with E-state index in [1.165, 1.54) is 16.2 Å². The van der Waals surface area contributed by atoms with Gasteiger partial charge in [0.05, 0.1) is 46.5 Å². The molecule has 0 spiro atoms. The van der Waals surface area contributed by atoms with E-state index in [0.717, 1.165) is 38.4 Å². The summed E-state index contributed by atoms with van der Waals surface area (Å²) in [4.78, 5) is 0. The molecule has 2 bridgehead atoms. The quantitative estimate of drug-likeness (QED) is 0.0407. The third-order valence-electron chi connectivity index (χ3n) is 12.8. The van der Waals surface area contributed by atoms with Crippen LogP contribution in [0.1, 0.15) is 62.5 Å². The van der Waals surface area contributed by atoms with E-state index in [9.17, 15) is 5.26 Å². The summed E-state index contributed by atoms with van der Waals surface area (Å²) in [5.74, 6) is 1.42. The topological polar surface area (TPSA) is 99.5 Å². The predicted molar refractivity (Wildman–Crippen MR) is 244 cm³/mol. The number of hydrogen-bond acceptors (Lipinski definition) is 8. The summed E-state index contributed by atoms with van der Waals surface area (Å²) in [5.41, 5.74) is 0.325. The average molecular weight is 849 g/mol. The fourth-order valence-electron chi connectivity index (χ4n) is 10.3. The van der Waals surface area contributed by atoms with Crippen LogP contribution in [0.15, 0.2) is 133 Å². The molecule has 0 saturated carbocycles. The molecule has 0 aliphatic carbocycles. The van der Waals surface area contributed by atoms with Crippen molar-refractivity contribution >= 4 is 39.8 Å². The van der Waals surface area contributed by atoms with Gasteiger partial charge in [-0.25, -0.2) is 4.67 Å². The summed E-state index contributed by atoms with van der Waals surface area (Å²) in [7, 11) is -0.606. The van der Waals surface area contributed by atoms with Gasteiger partial charge in [-0.3, -0.25) is 4.57 Å². The first kappa shape index (κ1) is 42.0. The molecule has 7 aromatic rings. The molecule has 10 heteroatoms. The van der Waals surface area contributed by atoms with Crippen molar-refractivity contribution in [3.05, 3.63) is 156 Å². The van der Waals surface area contributed by atoms with E-state index in [2.05, 4.69) is 72.8 Å². The van der Waals surface area contributed by atoms with E-state index in [1.807, 2.05) is 99.1 Å². The van der Waals surface area contributed by atoms with E-state index in [4.69, 9.17) is 28.2 Å². The van der Waals surface area contributed by atoms with E-state index in [0.29, 0.717) is 11.5 Å². The number of ether oxygens (including phenoxy) is 5. The molecular weight excluding hydrogens is 796 g/mol. The van der Waals surface area contributed by atoms with Gasteiger partial charge in [0.1, 0.15) is 40.6 Å². The molecule has 318 valence electrons. The Hall–Kier alpha value is -5.30. The minimum absolute atomic E-state index is 0.00107. The van der Waals surface area contributed by atoms with E-state index in [-0.39, 0.29) is 38.3 Å². The van der Waals surface area contributed by atoms with Crippen molar-refractivity contribution in [2.75, 3.05) is 34.0 Å². The SMILES string of the molecule is COc1ccc(C(OC[C@@]23CO[C@H]([C@H](c4ccc5ccc6cccc7ccc4c5c67)O2)[C@@H]3P(=O)(OCCC#N)N(C(C)C)C(C)C)(c2ccccc2)c2ccc(OC)cc2)cc1. The molecule has 0 radical (unpaired) electrons. The van der Waals surface area contributed by atoms with Crippen LogP contribution in [0.25, 0.3) is 32.3 Å². The third-order valence-corrected chi connectivity index (χ3v) is 16.4. The molecule has 2 aliphatic heterocycles. The zero-order valence-corrected chi connectivity index (χ0v) is 37.0. The fourth-order valence-corrected chi connectivity index (χ4v) is 14.0. The zero-order valence-electron chi connectivity index (χ0n) is 36.1. The number of rotatable bonds is 16. The molecule has 62 heavy (non-hydrogen) atoms. The largest absolute Gasteiger partial charge is 0.497 e. The standard InChI is InChI=1S/C52H53N2O7P/c1-34(2)54(35(3)4)62(55,60-31-11-30-53)50-49-48(45-29-19-38-17-16-36-12-10-13-37-18-28-44(45)47(38)46(36)37)61-51(50,32-58-49)33-59-52(39-14-8-7-9-15-39,40-20-24-42(56-5)25-21-40)41-22-26-43(57-6)27-23-41/h7-10,12-29,34-35,48-50H,11,31-33H2,1-6H3/t48-,49+,50-,51+,62?/m0/s1. The molecule has 2 saturated heterocycles. The lowest BCUT2D eigenvalue weighted by Crippen LogP contribution is -2.51. The highest BCUT2D eigenvalue weighted by Crippen LogP contribution is 2.69. The molecule has 0 aromatic heterocycles. The van der Waals surface area contributed by atoms with Gasteiger partial charge < -0.3 is 28.2 Å². The van der Waals surface area contributed by atoms with Crippen LogP contribution in [0.2, 0.25) is 0 Å². The maximum absolute atomic E-state index is 16.5. The van der Waals surface area contributed by atoms with Gasteiger partial charge in [0.2, 0.25) is 0 Å². The molecule has 2 heterocycles. The van der Waals surface area contributed by atoms with Crippen molar-refractivity contribution in [3.63, 3.8) is 0 Å². The number of fused-ring (bicyclic) bond motifs is 2. The summed E-state index contributed by atoms with van der Waals surface area (Å²) in [6.07, 6.45) is -1.21. The number of methoxy groups -OCH3 is 2. The van der Waals surface area contributed by atoms with Crippen molar-refractivity contribution in [1.29, 1.82) is 5.26 Å². The van der Waals surface area contributed by atoms with Crippen LogP contribution in [-0.4, -0.2) is 68.2 Å². The first-order valence-electron chi connectivity index (χ1n) is 21.4. The maximum atomic E-state index is 16.5. The summed E-state index contributed by atoms with van der Waals surface area (Å²) in [6, 6.07) is 47.2. The molecule has 9 nitrogen and oxygen atoms in total. The van der Waals surface area contributed by atoms with Crippen LogP contribution >= 0.6 is 7.52 Å². The maximum Gasteiger partial charge on any atom is 0.281 e. The zero-order chi connectivity index (χ0) is 43.2. The van der Waals surface area contributed by atoms with Gasteiger partial charge in [-0.15, -0.1) is 0 Å². The fraction of sp³-hybridized carbons (Fsp3) is 0.327. The second-order valence-electron chi connectivity index (χ2n) is 17.0. The van der Waals surface area contributed by atoms with Gasteiger partial charge in [0.25, 0.3) is 7.52 Å². The molecule has 9 rings (SSSR count). The van der Waals surface area contributed by atoms with Crippen LogP contribution in [0.3, 0.4) is 0 Å². The Morgan fingerprint density at radius 3 is 1.89 bits per heavy atom. The highest BCUT2D eigenvalue weighted by atomic mass is 31.2.